The monoisotopic (exact) mass is 318 g/mol. The molecule has 0 spiro atoms. The summed E-state index contributed by atoms with van der Waals surface area (Å²) in [6.45, 7) is 0.982. The molecule has 6 nitrogen and oxygen atoms in total. The number of hydrogen-bond donors (Lipinski definition) is 2. The van der Waals surface area contributed by atoms with Gasteiger partial charge >= 0.3 is 0 Å². The van der Waals surface area contributed by atoms with Gasteiger partial charge in [-0.15, -0.1) is 0 Å². The number of amides is 1. The first-order valence-corrected chi connectivity index (χ1v) is 7.58. The number of hydrogen-bond acceptors (Lipinski definition) is 4. The van der Waals surface area contributed by atoms with Crippen LogP contribution in [0.3, 0.4) is 0 Å². The minimum absolute atomic E-state index is 0.202. The van der Waals surface area contributed by atoms with Gasteiger partial charge in [0.2, 0.25) is 0 Å². The molecule has 0 saturated carbocycles. The number of aromatic nitrogens is 2. The number of nitrogens with zero attached hydrogens (tertiary/aromatic N) is 3. The number of anilines is 1. The zero-order chi connectivity index (χ0) is 16.4. The second-order valence-electron chi connectivity index (χ2n) is 5.53. The number of aliphatic hydroxyl groups excluding tert-OH is 1. The van der Waals surface area contributed by atoms with E-state index >= 15 is 0 Å². The highest BCUT2D eigenvalue weighted by Crippen LogP contribution is 2.26. The molecule has 1 aliphatic rings. The first kappa shape index (κ1) is 15.6. The Morgan fingerprint density at radius 1 is 1.48 bits per heavy atom. The molecule has 1 saturated heterocycles. The smallest absolute Gasteiger partial charge is 0.255 e. The van der Waals surface area contributed by atoms with E-state index in [0.717, 1.165) is 5.82 Å². The van der Waals surface area contributed by atoms with Gasteiger partial charge in [-0.1, -0.05) is 0 Å². The molecule has 1 aromatic carbocycles. The summed E-state index contributed by atoms with van der Waals surface area (Å²) in [4.78, 5) is 17.6. The lowest BCUT2D eigenvalue weighted by atomic mass is 10.1. The normalized spacial score (nSPS) is 18.5. The van der Waals surface area contributed by atoms with E-state index < -0.39 is 17.8 Å². The molecule has 1 aliphatic heterocycles. The zero-order valence-electron chi connectivity index (χ0n) is 12.9. The van der Waals surface area contributed by atoms with Crippen LogP contribution in [0.15, 0.2) is 30.6 Å². The number of carbonyl (C=O) groups is 1. The molecule has 0 radical (unpaired) electrons. The predicted molar refractivity (Wildman–Crippen MR) is 83.9 cm³/mol. The fourth-order valence-electron chi connectivity index (χ4n) is 2.82. The van der Waals surface area contributed by atoms with Gasteiger partial charge < -0.3 is 19.9 Å². The quantitative estimate of drug-likeness (QED) is 0.889. The Bertz CT molecular complexity index is 716. The van der Waals surface area contributed by atoms with E-state index in [2.05, 4.69) is 10.3 Å². The minimum Gasteiger partial charge on any atom is -0.383 e. The van der Waals surface area contributed by atoms with Gasteiger partial charge in [0.05, 0.1) is 12.2 Å². The van der Waals surface area contributed by atoms with Crippen LogP contribution in [-0.2, 0) is 11.3 Å². The molecule has 0 aliphatic carbocycles. The van der Waals surface area contributed by atoms with E-state index in [-0.39, 0.29) is 5.69 Å². The summed E-state index contributed by atoms with van der Waals surface area (Å²) in [6.07, 6.45) is 3.46. The molecule has 2 N–H and O–H groups in total. The van der Waals surface area contributed by atoms with Gasteiger partial charge in [0, 0.05) is 30.7 Å². The fraction of sp³-hybridized carbons (Fsp3) is 0.375. The summed E-state index contributed by atoms with van der Waals surface area (Å²) in [5.41, 5.74) is 0.840. The highest BCUT2D eigenvalue weighted by atomic mass is 19.1. The van der Waals surface area contributed by atoms with Gasteiger partial charge in [-0.05, 0) is 32.0 Å². The van der Waals surface area contributed by atoms with Crippen molar-refractivity contribution in [3.8, 4) is 5.69 Å². The van der Waals surface area contributed by atoms with Crippen molar-refractivity contribution in [3.05, 3.63) is 42.2 Å². The molecule has 2 aromatic rings. The SMILES string of the molecule is CNCc1nccn1-c1ccc(N2CCCC(O)C2=O)c(F)c1. The summed E-state index contributed by atoms with van der Waals surface area (Å²) in [6, 6.07) is 4.70. The first-order valence-electron chi connectivity index (χ1n) is 7.58. The highest BCUT2D eigenvalue weighted by molar-refractivity contribution is 5.97. The van der Waals surface area contributed by atoms with E-state index in [9.17, 15) is 14.3 Å². The molecule has 1 unspecified atom stereocenters. The summed E-state index contributed by atoms with van der Waals surface area (Å²) < 4.78 is 16.3. The highest BCUT2D eigenvalue weighted by Gasteiger charge is 2.29. The van der Waals surface area contributed by atoms with Crippen molar-refractivity contribution in [2.75, 3.05) is 18.5 Å². The molecule has 3 rings (SSSR count). The molecule has 1 fully saturated rings. The molecule has 1 aromatic heterocycles. The summed E-state index contributed by atoms with van der Waals surface area (Å²) in [5.74, 6) is -0.167. The summed E-state index contributed by atoms with van der Waals surface area (Å²) in [5, 5.41) is 12.7. The van der Waals surface area contributed by atoms with Gasteiger partial charge in [-0.25, -0.2) is 9.37 Å². The summed E-state index contributed by atoms with van der Waals surface area (Å²) >= 11 is 0. The first-order chi connectivity index (χ1) is 11.1. The van der Waals surface area contributed by atoms with E-state index in [0.29, 0.717) is 31.6 Å². The Kier molecular flexibility index (Phi) is 4.40. The van der Waals surface area contributed by atoms with Gasteiger partial charge in [-0.3, -0.25) is 4.79 Å². The third-order valence-corrected chi connectivity index (χ3v) is 3.96. The van der Waals surface area contributed by atoms with Gasteiger partial charge in [0.15, 0.2) is 0 Å². The van der Waals surface area contributed by atoms with E-state index in [1.807, 2.05) is 7.05 Å². The van der Waals surface area contributed by atoms with Crippen LogP contribution in [0.25, 0.3) is 5.69 Å². The van der Waals surface area contributed by atoms with E-state index in [1.54, 1.807) is 29.1 Å². The Morgan fingerprint density at radius 3 is 3.04 bits per heavy atom. The van der Waals surface area contributed by atoms with Gasteiger partial charge in [-0.2, -0.15) is 0 Å². The number of nitrogens with one attached hydrogen (secondary N) is 1. The van der Waals surface area contributed by atoms with Crippen molar-refractivity contribution in [2.45, 2.75) is 25.5 Å². The number of rotatable bonds is 4. The second kappa shape index (κ2) is 6.47. The third kappa shape index (κ3) is 2.97. The van der Waals surface area contributed by atoms with Gasteiger partial charge in [0.1, 0.15) is 17.7 Å². The van der Waals surface area contributed by atoms with Crippen molar-refractivity contribution in [1.82, 2.24) is 14.9 Å². The third-order valence-electron chi connectivity index (χ3n) is 3.96. The summed E-state index contributed by atoms with van der Waals surface area (Å²) in [7, 11) is 1.82. The van der Waals surface area contributed by atoms with Crippen LogP contribution >= 0.6 is 0 Å². The van der Waals surface area contributed by atoms with Crippen molar-refractivity contribution >= 4 is 11.6 Å². The molecule has 2 heterocycles. The number of benzene rings is 1. The standard InChI is InChI=1S/C16H19FN4O2/c1-18-10-15-19-6-8-20(15)11-4-5-13(12(17)9-11)21-7-2-3-14(22)16(21)23/h4-6,8-9,14,18,22H,2-3,7,10H2,1H3. The number of carbonyl (C=O) groups excluding carboxylic acids is 1. The maximum atomic E-state index is 14.5. The lowest BCUT2D eigenvalue weighted by Crippen LogP contribution is -2.44. The van der Waals surface area contributed by atoms with Crippen LogP contribution in [0.4, 0.5) is 10.1 Å². The molecule has 122 valence electrons. The van der Waals surface area contributed by atoms with Crippen LogP contribution < -0.4 is 10.2 Å². The maximum absolute atomic E-state index is 14.5. The Hall–Kier alpha value is -2.25. The Balaban J connectivity index is 1.92. The van der Waals surface area contributed by atoms with Gasteiger partial charge in [0.25, 0.3) is 5.91 Å². The number of halogens is 1. The van der Waals surface area contributed by atoms with Crippen molar-refractivity contribution in [3.63, 3.8) is 0 Å². The molecule has 1 atom stereocenters. The number of aliphatic hydroxyl groups is 1. The van der Waals surface area contributed by atoms with E-state index in [4.69, 9.17) is 0 Å². The zero-order valence-corrected chi connectivity index (χ0v) is 12.9. The largest absolute Gasteiger partial charge is 0.383 e. The molecule has 1 amide bonds. The number of piperidine rings is 1. The van der Waals surface area contributed by atoms with Crippen LogP contribution in [0, 0.1) is 5.82 Å². The Morgan fingerprint density at radius 2 is 2.30 bits per heavy atom. The molecular weight excluding hydrogens is 299 g/mol. The topological polar surface area (TPSA) is 70.4 Å². The average Bonchev–Trinajstić information content (AvgIpc) is 2.99. The van der Waals surface area contributed by atoms with Crippen molar-refractivity contribution < 1.29 is 14.3 Å². The minimum atomic E-state index is -1.04. The van der Waals surface area contributed by atoms with Crippen LogP contribution in [0.5, 0.6) is 0 Å². The Labute approximate surface area is 133 Å². The lowest BCUT2D eigenvalue weighted by molar-refractivity contribution is -0.128. The molecule has 7 heteroatoms. The lowest BCUT2D eigenvalue weighted by Gasteiger charge is -2.30. The molecule has 23 heavy (non-hydrogen) atoms. The number of imidazole rings is 1. The average molecular weight is 318 g/mol. The fourth-order valence-corrected chi connectivity index (χ4v) is 2.82. The molecular formula is C16H19FN4O2. The van der Waals surface area contributed by atoms with Crippen molar-refractivity contribution in [1.29, 1.82) is 0 Å². The van der Waals surface area contributed by atoms with Crippen LogP contribution in [-0.4, -0.2) is 40.3 Å². The van der Waals surface area contributed by atoms with E-state index in [1.165, 1.54) is 11.0 Å². The second-order valence-corrected chi connectivity index (χ2v) is 5.53. The maximum Gasteiger partial charge on any atom is 0.255 e. The van der Waals surface area contributed by atoms with Crippen LogP contribution in [0.2, 0.25) is 0 Å². The predicted octanol–water partition coefficient (Wildman–Crippen LogP) is 1.22. The molecule has 0 bridgehead atoms. The van der Waals surface area contributed by atoms with Crippen molar-refractivity contribution in [2.24, 2.45) is 0 Å². The van der Waals surface area contributed by atoms with Crippen LogP contribution in [0.1, 0.15) is 18.7 Å².